The van der Waals surface area contributed by atoms with Crippen LogP contribution in [0.1, 0.15) is 10.4 Å². The highest BCUT2D eigenvalue weighted by atomic mass is 35.5. The lowest BCUT2D eigenvalue weighted by Crippen LogP contribution is -2.12. The van der Waals surface area contributed by atoms with Crippen molar-refractivity contribution in [2.75, 3.05) is 4.72 Å². The average Bonchev–Trinajstić information content (AvgIpc) is 2.72. The zero-order valence-corrected chi connectivity index (χ0v) is 12.3. The molecule has 3 nitrogen and oxygen atoms in total. The molecule has 1 heterocycles. The Morgan fingerprint density at radius 3 is 2.50 bits per heavy atom. The molecule has 0 fully saturated rings. The van der Waals surface area contributed by atoms with Crippen LogP contribution in [0.15, 0.2) is 34.5 Å². The fourth-order valence-electron chi connectivity index (χ4n) is 1.47. The van der Waals surface area contributed by atoms with Gasteiger partial charge in [0.25, 0.3) is 10.0 Å². The first-order valence-electron chi connectivity index (χ1n) is 5.24. The summed E-state index contributed by atoms with van der Waals surface area (Å²) in [6.45, 7) is 3.65. The zero-order chi connectivity index (χ0) is 13.3. The van der Waals surface area contributed by atoms with Crippen LogP contribution in [0.2, 0.25) is 5.02 Å². The van der Waals surface area contributed by atoms with Crippen molar-refractivity contribution in [1.82, 2.24) is 0 Å². The molecule has 0 saturated heterocycles. The lowest BCUT2D eigenvalue weighted by atomic mass is 10.2. The van der Waals surface area contributed by atoms with Crippen molar-refractivity contribution >= 4 is 38.6 Å². The molecule has 18 heavy (non-hydrogen) atoms. The Kier molecular flexibility index (Phi) is 3.66. The summed E-state index contributed by atoms with van der Waals surface area (Å²) >= 11 is 7.20. The average molecular weight is 302 g/mol. The predicted molar refractivity (Wildman–Crippen MR) is 76.1 cm³/mol. The first kappa shape index (κ1) is 13.4. The maximum Gasteiger partial charge on any atom is 0.271 e. The van der Waals surface area contributed by atoms with Crippen LogP contribution in [0.3, 0.4) is 0 Å². The Labute approximate surface area is 115 Å². The van der Waals surface area contributed by atoms with Crippen LogP contribution in [0.25, 0.3) is 0 Å². The number of hydrogen-bond acceptors (Lipinski definition) is 3. The van der Waals surface area contributed by atoms with Crippen molar-refractivity contribution in [3.05, 3.63) is 45.8 Å². The Morgan fingerprint density at radius 1 is 1.17 bits per heavy atom. The summed E-state index contributed by atoms with van der Waals surface area (Å²) in [4.78, 5) is 0.957. The molecule has 6 heteroatoms. The van der Waals surface area contributed by atoms with Gasteiger partial charge in [-0.15, -0.1) is 11.3 Å². The summed E-state index contributed by atoms with van der Waals surface area (Å²) in [5.41, 5.74) is 1.23. The molecule has 1 aromatic carbocycles. The van der Waals surface area contributed by atoms with Crippen LogP contribution in [-0.2, 0) is 10.0 Å². The second-order valence-corrected chi connectivity index (χ2v) is 7.49. The molecule has 0 bridgehead atoms. The van der Waals surface area contributed by atoms with E-state index in [9.17, 15) is 8.42 Å². The van der Waals surface area contributed by atoms with E-state index in [1.54, 1.807) is 37.3 Å². The second-order valence-electron chi connectivity index (χ2n) is 3.88. The largest absolute Gasteiger partial charge is 0.279 e. The van der Waals surface area contributed by atoms with Gasteiger partial charge < -0.3 is 0 Å². The van der Waals surface area contributed by atoms with E-state index in [4.69, 9.17) is 11.6 Å². The lowest BCUT2D eigenvalue weighted by Gasteiger charge is -2.10. The van der Waals surface area contributed by atoms with E-state index in [0.29, 0.717) is 14.9 Å². The first-order chi connectivity index (χ1) is 8.40. The SMILES string of the molecule is Cc1ccc(S(=O)(=O)Nc2cccc(Cl)c2C)s1. The molecule has 1 aromatic heterocycles. The Bertz CT molecular complexity index is 677. The minimum absolute atomic E-state index is 0.305. The van der Waals surface area contributed by atoms with Crippen molar-refractivity contribution in [2.45, 2.75) is 18.1 Å². The standard InChI is InChI=1S/C12H12ClNO2S2/c1-8-6-7-12(17-8)18(15,16)14-11-5-3-4-10(13)9(11)2/h3-7,14H,1-2H3. The van der Waals surface area contributed by atoms with Gasteiger partial charge in [0.15, 0.2) is 0 Å². The normalized spacial score (nSPS) is 11.5. The molecule has 96 valence electrons. The molecule has 0 amide bonds. The highest BCUT2D eigenvalue weighted by Gasteiger charge is 2.17. The number of sulfonamides is 1. The van der Waals surface area contributed by atoms with E-state index in [0.717, 1.165) is 10.4 Å². The molecule has 0 radical (unpaired) electrons. The van der Waals surface area contributed by atoms with Gasteiger partial charge in [-0.1, -0.05) is 17.7 Å². The van der Waals surface area contributed by atoms with E-state index >= 15 is 0 Å². The molecule has 0 saturated carbocycles. The van der Waals surface area contributed by atoms with Gasteiger partial charge in [0.1, 0.15) is 4.21 Å². The minimum Gasteiger partial charge on any atom is -0.279 e. The fraction of sp³-hybridized carbons (Fsp3) is 0.167. The van der Waals surface area contributed by atoms with Gasteiger partial charge in [-0.2, -0.15) is 0 Å². The third kappa shape index (κ3) is 2.68. The predicted octanol–water partition coefficient (Wildman–Crippen LogP) is 3.82. The van der Waals surface area contributed by atoms with Crippen molar-refractivity contribution in [3.63, 3.8) is 0 Å². The van der Waals surface area contributed by atoms with Gasteiger partial charge in [0.2, 0.25) is 0 Å². The summed E-state index contributed by atoms with van der Waals surface area (Å²) in [5.74, 6) is 0. The minimum atomic E-state index is -3.52. The van der Waals surface area contributed by atoms with Crippen molar-refractivity contribution in [1.29, 1.82) is 0 Å². The molecule has 0 aliphatic rings. The van der Waals surface area contributed by atoms with Gasteiger partial charge in [-0.05, 0) is 43.7 Å². The number of hydrogen-bond donors (Lipinski definition) is 1. The number of thiophene rings is 1. The Balaban J connectivity index is 2.37. The summed E-state index contributed by atoms with van der Waals surface area (Å²) in [5, 5.41) is 0.539. The van der Waals surface area contributed by atoms with Crippen LogP contribution >= 0.6 is 22.9 Å². The molecule has 0 atom stereocenters. The highest BCUT2D eigenvalue weighted by Crippen LogP contribution is 2.27. The van der Waals surface area contributed by atoms with Gasteiger partial charge in [0, 0.05) is 9.90 Å². The third-order valence-electron chi connectivity index (χ3n) is 2.49. The second kappa shape index (κ2) is 4.91. The maximum atomic E-state index is 12.1. The summed E-state index contributed by atoms with van der Waals surface area (Å²) in [7, 11) is -3.52. The molecule has 0 spiro atoms. The Hall–Kier alpha value is -1.04. The molecular weight excluding hydrogens is 290 g/mol. The quantitative estimate of drug-likeness (QED) is 0.937. The number of rotatable bonds is 3. The summed E-state index contributed by atoms with van der Waals surface area (Å²) < 4.78 is 27.1. The number of halogens is 1. The molecule has 0 aliphatic heterocycles. The van der Waals surface area contributed by atoms with E-state index < -0.39 is 10.0 Å². The highest BCUT2D eigenvalue weighted by molar-refractivity contribution is 7.94. The lowest BCUT2D eigenvalue weighted by molar-refractivity contribution is 0.603. The zero-order valence-electron chi connectivity index (χ0n) is 9.90. The van der Waals surface area contributed by atoms with Crippen LogP contribution in [0, 0.1) is 13.8 Å². The summed E-state index contributed by atoms with van der Waals surface area (Å²) in [6, 6.07) is 8.52. The van der Waals surface area contributed by atoms with Gasteiger partial charge >= 0.3 is 0 Å². The monoisotopic (exact) mass is 301 g/mol. The van der Waals surface area contributed by atoms with Gasteiger partial charge in [0.05, 0.1) is 5.69 Å². The third-order valence-corrected chi connectivity index (χ3v) is 5.76. The summed E-state index contributed by atoms with van der Waals surface area (Å²) in [6.07, 6.45) is 0. The Morgan fingerprint density at radius 2 is 1.89 bits per heavy atom. The number of benzene rings is 1. The molecular formula is C12H12ClNO2S2. The van der Waals surface area contributed by atoms with Crippen LogP contribution in [0.5, 0.6) is 0 Å². The molecule has 2 rings (SSSR count). The van der Waals surface area contributed by atoms with E-state index in [-0.39, 0.29) is 0 Å². The number of nitrogens with one attached hydrogen (secondary N) is 1. The van der Waals surface area contributed by atoms with E-state index in [1.807, 2.05) is 6.92 Å². The first-order valence-corrected chi connectivity index (χ1v) is 7.92. The van der Waals surface area contributed by atoms with Crippen LogP contribution < -0.4 is 4.72 Å². The van der Waals surface area contributed by atoms with Crippen molar-refractivity contribution < 1.29 is 8.42 Å². The molecule has 1 N–H and O–H groups in total. The molecule has 2 aromatic rings. The smallest absolute Gasteiger partial charge is 0.271 e. The molecule has 0 aliphatic carbocycles. The van der Waals surface area contributed by atoms with Crippen LogP contribution in [0.4, 0.5) is 5.69 Å². The topological polar surface area (TPSA) is 46.2 Å². The van der Waals surface area contributed by atoms with Crippen molar-refractivity contribution in [3.8, 4) is 0 Å². The number of anilines is 1. The molecule has 0 unspecified atom stereocenters. The fourth-order valence-corrected chi connectivity index (χ4v) is 4.05. The van der Waals surface area contributed by atoms with E-state index in [2.05, 4.69) is 4.72 Å². The van der Waals surface area contributed by atoms with E-state index in [1.165, 1.54) is 11.3 Å². The van der Waals surface area contributed by atoms with Gasteiger partial charge in [-0.3, -0.25) is 4.72 Å². The van der Waals surface area contributed by atoms with Gasteiger partial charge in [-0.25, -0.2) is 8.42 Å². The number of aryl methyl sites for hydroxylation is 1. The van der Waals surface area contributed by atoms with Crippen LogP contribution in [-0.4, -0.2) is 8.42 Å². The van der Waals surface area contributed by atoms with Crippen molar-refractivity contribution in [2.24, 2.45) is 0 Å². The maximum absolute atomic E-state index is 12.1.